The van der Waals surface area contributed by atoms with Crippen LogP contribution >= 0.6 is 0 Å². The van der Waals surface area contributed by atoms with Gasteiger partial charge in [-0.3, -0.25) is 9.59 Å². The van der Waals surface area contributed by atoms with E-state index in [-0.39, 0.29) is 17.7 Å². The van der Waals surface area contributed by atoms with Crippen molar-refractivity contribution in [1.82, 2.24) is 0 Å². The van der Waals surface area contributed by atoms with Crippen molar-refractivity contribution in [2.75, 3.05) is 7.11 Å². The molecular weight excluding hydrogens is 240 g/mol. The van der Waals surface area contributed by atoms with Gasteiger partial charge in [0.15, 0.2) is 5.78 Å². The highest BCUT2D eigenvalue weighted by molar-refractivity contribution is 5.97. The number of hydrogen-bond acceptors (Lipinski definition) is 3. The van der Waals surface area contributed by atoms with E-state index in [1.54, 1.807) is 6.92 Å². The Morgan fingerprint density at radius 3 is 2.26 bits per heavy atom. The molecule has 3 heteroatoms. The second-order valence-corrected chi connectivity index (χ2v) is 4.49. The van der Waals surface area contributed by atoms with E-state index in [1.165, 1.54) is 7.11 Å². The van der Waals surface area contributed by atoms with Crippen LogP contribution in [-0.2, 0) is 14.3 Å². The normalized spacial score (nSPS) is 12.9. The van der Waals surface area contributed by atoms with Crippen molar-refractivity contribution in [2.24, 2.45) is 0 Å². The summed E-state index contributed by atoms with van der Waals surface area (Å²) in [5.74, 6) is -0.433. The zero-order valence-corrected chi connectivity index (χ0v) is 11.9. The van der Waals surface area contributed by atoms with Crippen LogP contribution < -0.4 is 0 Å². The molecule has 1 rings (SSSR count). The molecule has 0 spiro atoms. The molecule has 0 saturated heterocycles. The van der Waals surface area contributed by atoms with Gasteiger partial charge in [-0.2, -0.15) is 0 Å². The average Bonchev–Trinajstić information content (AvgIpc) is 2.43. The minimum Gasteiger partial charge on any atom is -0.469 e. The van der Waals surface area contributed by atoms with Crippen LogP contribution in [-0.4, -0.2) is 18.9 Å². The van der Waals surface area contributed by atoms with E-state index in [2.05, 4.69) is 0 Å². The second kappa shape index (κ2) is 6.88. The highest BCUT2D eigenvalue weighted by Crippen LogP contribution is 2.19. The second-order valence-electron chi connectivity index (χ2n) is 4.49. The number of benzene rings is 1. The van der Waals surface area contributed by atoms with Crippen molar-refractivity contribution in [2.45, 2.75) is 33.1 Å². The molecule has 0 aliphatic heterocycles. The summed E-state index contributed by atoms with van der Waals surface area (Å²) in [7, 11) is 1.39. The third-order valence-electron chi connectivity index (χ3n) is 3.17. The number of rotatable bonds is 5. The van der Waals surface area contributed by atoms with Crippen LogP contribution in [0.3, 0.4) is 0 Å². The molecule has 1 unspecified atom stereocenters. The molecule has 0 fully saturated rings. The average molecular weight is 260 g/mol. The minimum absolute atomic E-state index is 0.0921. The molecular formula is C16H20O3. The summed E-state index contributed by atoms with van der Waals surface area (Å²) >= 11 is 0. The molecule has 0 aliphatic carbocycles. The van der Waals surface area contributed by atoms with E-state index in [1.807, 2.05) is 44.2 Å². The summed E-state index contributed by atoms with van der Waals surface area (Å²) in [5, 5.41) is 0. The van der Waals surface area contributed by atoms with Gasteiger partial charge in [0.05, 0.1) is 13.0 Å². The third kappa shape index (κ3) is 4.05. The zero-order chi connectivity index (χ0) is 14.4. The molecule has 0 heterocycles. The molecule has 1 aromatic carbocycles. The number of carbonyl (C=O) groups excluding carboxylic acids is 2. The summed E-state index contributed by atoms with van der Waals surface area (Å²) < 4.78 is 4.71. The van der Waals surface area contributed by atoms with E-state index < -0.39 is 0 Å². The summed E-state index contributed by atoms with van der Waals surface area (Å²) in [6.45, 7) is 5.34. The maximum atomic E-state index is 11.4. The Labute approximate surface area is 114 Å². The summed E-state index contributed by atoms with van der Waals surface area (Å²) in [4.78, 5) is 22.8. The van der Waals surface area contributed by atoms with E-state index >= 15 is 0 Å². The van der Waals surface area contributed by atoms with E-state index in [0.29, 0.717) is 0 Å². The van der Waals surface area contributed by atoms with Gasteiger partial charge >= 0.3 is 5.97 Å². The Balaban J connectivity index is 2.93. The first-order valence-corrected chi connectivity index (χ1v) is 6.38. The Morgan fingerprint density at radius 2 is 1.84 bits per heavy atom. The first-order chi connectivity index (χ1) is 8.99. The summed E-state index contributed by atoms with van der Waals surface area (Å²) in [6, 6.07) is 7.60. The number of hydrogen-bond donors (Lipinski definition) is 0. The van der Waals surface area contributed by atoms with Crippen molar-refractivity contribution in [3.63, 3.8) is 0 Å². The highest BCUT2D eigenvalue weighted by Gasteiger charge is 2.14. The molecule has 0 saturated carbocycles. The number of allylic oxidation sites excluding steroid dienone is 1. The van der Waals surface area contributed by atoms with Crippen molar-refractivity contribution >= 4 is 17.8 Å². The summed E-state index contributed by atoms with van der Waals surface area (Å²) in [5.41, 5.74) is 2.67. The van der Waals surface area contributed by atoms with Crippen LogP contribution in [0.15, 0.2) is 29.8 Å². The Morgan fingerprint density at radius 1 is 1.26 bits per heavy atom. The van der Waals surface area contributed by atoms with Crippen molar-refractivity contribution in [3.8, 4) is 0 Å². The molecule has 0 radical (unpaired) electrons. The predicted molar refractivity (Wildman–Crippen MR) is 75.8 cm³/mol. The van der Waals surface area contributed by atoms with Gasteiger partial charge in [0.1, 0.15) is 0 Å². The Bertz CT molecular complexity index is 483. The van der Waals surface area contributed by atoms with Crippen molar-refractivity contribution in [3.05, 3.63) is 41.0 Å². The van der Waals surface area contributed by atoms with Gasteiger partial charge in [0.25, 0.3) is 0 Å². The van der Waals surface area contributed by atoms with Crippen LogP contribution in [0.25, 0.3) is 6.08 Å². The largest absolute Gasteiger partial charge is 0.469 e. The van der Waals surface area contributed by atoms with E-state index in [4.69, 9.17) is 4.74 Å². The highest BCUT2D eigenvalue weighted by atomic mass is 16.5. The molecule has 19 heavy (non-hydrogen) atoms. The number of ketones is 1. The van der Waals surface area contributed by atoms with Gasteiger partial charge in [0, 0.05) is 0 Å². The number of ether oxygens (including phenoxy) is 1. The molecule has 0 N–H and O–H groups in total. The molecule has 0 aliphatic rings. The van der Waals surface area contributed by atoms with Crippen LogP contribution in [0, 0.1) is 0 Å². The van der Waals surface area contributed by atoms with Crippen LogP contribution in [0.4, 0.5) is 0 Å². The zero-order valence-electron chi connectivity index (χ0n) is 11.9. The quantitative estimate of drug-likeness (QED) is 0.602. The van der Waals surface area contributed by atoms with Crippen LogP contribution in [0.1, 0.15) is 44.2 Å². The van der Waals surface area contributed by atoms with Gasteiger partial charge in [-0.25, -0.2) is 0 Å². The molecule has 1 aromatic rings. The lowest BCUT2D eigenvalue weighted by molar-refractivity contribution is -0.142. The molecule has 0 bridgehead atoms. The fourth-order valence-electron chi connectivity index (χ4n) is 1.85. The maximum Gasteiger partial charge on any atom is 0.312 e. The molecule has 3 nitrogen and oxygen atoms in total. The lowest BCUT2D eigenvalue weighted by atomic mass is 9.98. The standard InChI is InChI=1S/C16H20O3/c1-5-14(12(3)17)10-13-6-8-15(9-7-13)11(2)16(18)19-4/h6-11H,5H2,1-4H3. The van der Waals surface area contributed by atoms with Crippen molar-refractivity contribution < 1.29 is 14.3 Å². The SMILES string of the molecule is CCC(=Cc1ccc(C(C)C(=O)OC)cc1)C(C)=O. The van der Waals surface area contributed by atoms with Gasteiger partial charge in [-0.1, -0.05) is 31.2 Å². The van der Waals surface area contributed by atoms with E-state index in [0.717, 1.165) is 23.1 Å². The lowest BCUT2D eigenvalue weighted by Crippen LogP contribution is -2.10. The Kier molecular flexibility index (Phi) is 5.49. The molecule has 102 valence electrons. The van der Waals surface area contributed by atoms with Gasteiger partial charge < -0.3 is 4.74 Å². The van der Waals surface area contributed by atoms with Gasteiger partial charge in [-0.15, -0.1) is 0 Å². The topological polar surface area (TPSA) is 43.4 Å². The number of methoxy groups -OCH3 is 1. The van der Waals surface area contributed by atoms with Gasteiger partial charge in [0.2, 0.25) is 0 Å². The first kappa shape index (κ1) is 15.2. The predicted octanol–water partition coefficient (Wildman–Crippen LogP) is 3.35. The fourth-order valence-corrected chi connectivity index (χ4v) is 1.85. The minimum atomic E-state index is -0.276. The molecule has 1 atom stereocenters. The number of esters is 1. The lowest BCUT2D eigenvalue weighted by Gasteiger charge is -2.09. The summed E-state index contributed by atoms with van der Waals surface area (Å²) in [6.07, 6.45) is 2.60. The fraction of sp³-hybridized carbons (Fsp3) is 0.375. The monoisotopic (exact) mass is 260 g/mol. The number of Topliss-reactive ketones (excluding diaryl/α,β-unsaturated/α-hetero) is 1. The molecule has 0 amide bonds. The number of carbonyl (C=O) groups is 2. The maximum absolute atomic E-state index is 11.4. The molecule has 0 aromatic heterocycles. The van der Waals surface area contributed by atoms with Gasteiger partial charge in [-0.05, 0) is 43.0 Å². The van der Waals surface area contributed by atoms with Crippen molar-refractivity contribution in [1.29, 1.82) is 0 Å². The van der Waals surface area contributed by atoms with Crippen LogP contribution in [0.5, 0.6) is 0 Å². The first-order valence-electron chi connectivity index (χ1n) is 6.38. The third-order valence-corrected chi connectivity index (χ3v) is 3.17. The van der Waals surface area contributed by atoms with E-state index in [9.17, 15) is 9.59 Å². The smallest absolute Gasteiger partial charge is 0.312 e. The Hall–Kier alpha value is -1.90. The van der Waals surface area contributed by atoms with Crippen LogP contribution in [0.2, 0.25) is 0 Å².